The van der Waals surface area contributed by atoms with Crippen molar-refractivity contribution in [2.75, 3.05) is 6.54 Å². The Bertz CT molecular complexity index is 622. The van der Waals surface area contributed by atoms with Crippen molar-refractivity contribution in [2.45, 2.75) is 38.6 Å². The van der Waals surface area contributed by atoms with E-state index in [1.54, 1.807) is 12.1 Å². The lowest BCUT2D eigenvalue weighted by Gasteiger charge is -2.05. The Morgan fingerprint density at radius 2 is 2.13 bits per heavy atom. The first-order valence-electron chi connectivity index (χ1n) is 7.87. The molecule has 2 aromatic rings. The van der Waals surface area contributed by atoms with Gasteiger partial charge in [0.25, 0.3) is 5.91 Å². The number of phenolic OH excluding ortho intramolecular Hbond substituents is 1. The third kappa shape index (κ3) is 5.10. The van der Waals surface area contributed by atoms with Crippen LogP contribution in [0.5, 0.6) is 5.75 Å². The van der Waals surface area contributed by atoms with Crippen LogP contribution in [0.1, 0.15) is 54.2 Å². The number of nitrogens with one attached hydrogen (secondary N) is 1. The monoisotopic (exact) mass is 317 g/mol. The van der Waals surface area contributed by atoms with E-state index in [4.69, 9.17) is 10.2 Å². The average molecular weight is 317 g/mol. The molecule has 6 nitrogen and oxygen atoms in total. The van der Waals surface area contributed by atoms with Gasteiger partial charge in [-0.25, -0.2) is 4.98 Å². The molecule has 1 unspecified atom stereocenters. The van der Waals surface area contributed by atoms with Crippen molar-refractivity contribution < 1.29 is 14.3 Å². The fourth-order valence-corrected chi connectivity index (χ4v) is 2.18. The SMILES string of the molecule is CCCCC(N)c1nc(C(=O)NCCc2ccc(O)cc2)co1. The molecule has 0 radical (unpaired) electrons. The van der Waals surface area contributed by atoms with Crippen LogP contribution in [0.25, 0.3) is 0 Å². The molecule has 124 valence electrons. The summed E-state index contributed by atoms with van der Waals surface area (Å²) in [7, 11) is 0. The van der Waals surface area contributed by atoms with Crippen LogP contribution in [-0.2, 0) is 6.42 Å². The Morgan fingerprint density at radius 1 is 1.39 bits per heavy atom. The number of hydrogen-bond donors (Lipinski definition) is 3. The molecular weight excluding hydrogens is 294 g/mol. The van der Waals surface area contributed by atoms with E-state index < -0.39 is 0 Å². The van der Waals surface area contributed by atoms with E-state index in [-0.39, 0.29) is 23.4 Å². The maximum absolute atomic E-state index is 12.0. The van der Waals surface area contributed by atoms with Gasteiger partial charge in [-0.1, -0.05) is 31.9 Å². The van der Waals surface area contributed by atoms with E-state index >= 15 is 0 Å². The molecule has 1 aromatic carbocycles. The van der Waals surface area contributed by atoms with Crippen molar-refractivity contribution in [3.05, 3.63) is 47.7 Å². The molecule has 0 saturated heterocycles. The third-order valence-corrected chi connectivity index (χ3v) is 3.58. The molecule has 0 bridgehead atoms. The Kier molecular flexibility index (Phi) is 6.17. The maximum atomic E-state index is 12.0. The van der Waals surface area contributed by atoms with E-state index in [0.717, 1.165) is 24.8 Å². The molecule has 0 fully saturated rings. The molecular formula is C17H23N3O3. The predicted molar refractivity (Wildman–Crippen MR) is 87.1 cm³/mol. The molecule has 6 heteroatoms. The van der Waals surface area contributed by atoms with Gasteiger partial charge in [-0.2, -0.15) is 0 Å². The topological polar surface area (TPSA) is 101 Å². The number of oxazole rings is 1. The van der Waals surface area contributed by atoms with Gasteiger partial charge in [-0.3, -0.25) is 4.79 Å². The minimum Gasteiger partial charge on any atom is -0.508 e. The van der Waals surface area contributed by atoms with Crippen LogP contribution in [0, 0.1) is 0 Å². The highest BCUT2D eigenvalue weighted by atomic mass is 16.3. The number of aromatic nitrogens is 1. The van der Waals surface area contributed by atoms with Crippen LogP contribution >= 0.6 is 0 Å². The Morgan fingerprint density at radius 3 is 2.83 bits per heavy atom. The van der Waals surface area contributed by atoms with Crippen LogP contribution in [0.4, 0.5) is 0 Å². The Hall–Kier alpha value is -2.34. The highest BCUT2D eigenvalue weighted by Crippen LogP contribution is 2.16. The summed E-state index contributed by atoms with van der Waals surface area (Å²) in [6.45, 7) is 2.57. The number of phenols is 1. The zero-order valence-electron chi connectivity index (χ0n) is 13.3. The first kappa shape index (κ1) is 17.0. The van der Waals surface area contributed by atoms with Gasteiger partial charge in [-0.05, 0) is 30.5 Å². The predicted octanol–water partition coefficient (Wildman–Crippen LogP) is 2.54. The highest BCUT2D eigenvalue weighted by Gasteiger charge is 2.16. The van der Waals surface area contributed by atoms with Crippen molar-refractivity contribution in [3.63, 3.8) is 0 Å². The van der Waals surface area contributed by atoms with Crippen LogP contribution in [0.2, 0.25) is 0 Å². The summed E-state index contributed by atoms with van der Waals surface area (Å²) in [4.78, 5) is 16.2. The molecule has 0 saturated carbocycles. The summed E-state index contributed by atoms with van der Waals surface area (Å²) in [5.74, 6) is 0.357. The number of aromatic hydroxyl groups is 1. The van der Waals surface area contributed by atoms with Crippen molar-refractivity contribution in [1.29, 1.82) is 0 Å². The number of carbonyl (C=O) groups excluding carboxylic acids is 1. The maximum Gasteiger partial charge on any atom is 0.273 e. The first-order chi connectivity index (χ1) is 11.1. The number of rotatable bonds is 8. The minimum atomic E-state index is -0.276. The molecule has 0 aliphatic heterocycles. The van der Waals surface area contributed by atoms with E-state index in [1.807, 2.05) is 12.1 Å². The summed E-state index contributed by atoms with van der Waals surface area (Å²) >= 11 is 0. The van der Waals surface area contributed by atoms with Gasteiger partial charge < -0.3 is 20.6 Å². The van der Waals surface area contributed by atoms with Gasteiger partial charge in [0.2, 0.25) is 5.89 Å². The Balaban J connectivity index is 1.81. The summed E-state index contributed by atoms with van der Waals surface area (Å²) in [6.07, 6.45) is 4.86. The van der Waals surface area contributed by atoms with Crippen molar-refractivity contribution in [1.82, 2.24) is 10.3 Å². The molecule has 4 N–H and O–H groups in total. The van der Waals surface area contributed by atoms with E-state index in [0.29, 0.717) is 18.9 Å². The third-order valence-electron chi connectivity index (χ3n) is 3.58. The molecule has 0 aliphatic rings. The molecule has 23 heavy (non-hydrogen) atoms. The fraction of sp³-hybridized carbons (Fsp3) is 0.412. The van der Waals surface area contributed by atoms with Gasteiger partial charge in [0.15, 0.2) is 5.69 Å². The van der Waals surface area contributed by atoms with Crippen molar-refractivity contribution in [3.8, 4) is 5.75 Å². The molecule has 1 heterocycles. The molecule has 1 amide bonds. The van der Waals surface area contributed by atoms with Gasteiger partial charge in [-0.15, -0.1) is 0 Å². The van der Waals surface area contributed by atoms with Crippen molar-refractivity contribution >= 4 is 5.91 Å². The lowest BCUT2D eigenvalue weighted by molar-refractivity contribution is 0.0949. The van der Waals surface area contributed by atoms with Crippen LogP contribution in [-0.4, -0.2) is 22.5 Å². The average Bonchev–Trinajstić information content (AvgIpc) is 3.04. The summed E-state index contributed by atoms with van der Waals surface area (Å²) in [5.41, 5.74) is 7.26. The molecule has 0 spiro atoms. The summed E-state index contributed by atoms with van der Waals surface area (Å²) in [5, 5.41) is 12.0. The minimum absolute atomic E-state index is 0.229. The molecule has 0 aliphatic carbocycles. The zero-order chi connectivity index (χ0) is 16.7. The molecule has 1 atom stereocenters. The highest BCUT2D eigenvalue weighted by molar-refractivity contribution is 5.91. The number of carbonyl (C=O) groups is 1. The van der Waals surface area contributed by atoms with Crippen LogP contribution in [0.15, 0.2) is 34.9 Å². The van der Waals surface area contributed by atoms with Crippen LogP contribution < -0.4 is 11.1 Å². The molecule has 2 rings (SSSR count). The number of unbranched alkanes of at least 4 members (excludes halogenated alkanes) is 1. The quantitative estimate of drug-likeness (QED) is 0.694. The number of hydrogen-bond acceptors (Lipinski definition) is 5. The van der Waals surface area contributed by atoms with Crippen molar-refractivity contribution in [2.24, 2.45) is 5.73 Å². The van der Waals surface area contributed by atoms with Gasteiger partial charge >= 0.3 is 0 Å². The zero-order valence-corrected chi connectivity index (χ0v) is 13.3. The number of benzene rings is 1. The normalized spacial score (nSPS) is 12.1. The van der Waals surface area contributed by atoms with Crippen LogP contribution in [0.3, 0.4) is 0 Å². The Labute approximate surface area is 135 Å². The van der Waals surface area contributed by atoms with Gasteiger partial charge in [0.05, 0.1) is 6.04 Å². The molecule has 1 aromatic heterocycles. The van der Waals surface area contributed by atoms with E-state index in [2.05, 4.69) is 17.2 Å². The fourth-order valence-electron chi connectivity index (χ4n) is 2.18. The standard InChI is InChI=1S/C17H23N3O3/c1-2-3-4-14(18)17-20-15(11-23-17)16(22)19-10-9-12-5-7-13(21)8-6-12/h5-8,11,14,21H,2-4,9-10,18H2,1H3,(H,19,22). The second-order valence-electron chi connectivity index (χ2n) is 5.49. The largest absolute Gasteiger partial charge is 0.508 e. The first-order valence-corrected chi connectivity index (χ1v) is 7.87. The van der Waals surface area contributed by atoms with Gasteiger partial charge in [0.1, 0.15) is 12.0 Å². The van der Waals surface area contributed by atoms with Gasteiger partial charge in [0, 0.05) is 6.54 Å². The summed E-state index contributed by atoms with van der Waals surface area (Å²) < 4.78 is 5.30. The lowest BCUT2D eigenvalue weighted by Crippen LogP contribution is -2.26. The second kappa shape index (κ2) is 8.33. The number of amides is 1. The second-order valence-corrected chi connectivity index (χ2v) is 5.49. The number of nitrogens with two attached hydrogens (primary N) is 1. The summed E-state index contributed by atoms with van der Waals surface area (Å²) in [6, 6.07) is 6.62. The van der Waals surface area contributed by atoms with E-state index in [9.17, 15) is 9.90 Å². The van der Waals surface area contributed by atoms with E-state index in [1.165, 1.54) is 6.26 Å². The smallest absolute Gasteiger partial charge is 0.273 e. The number of nitrogens with zero attached hydrogens (tertiary/aromatic N) is 1. The lowest BCUT2D eigenvalue weighted by atomic mass is 10.1.